The van der Waals surface area contributed by atoms with E-state index in [4.69, 9.17) is 13.8 Å². The van der Waals surface area contributed by atoms with E-state index < -0.39 is 40.0 Å². The Kier molecular flexibility index (Phi) is 16.1. The Morgan fingerprint density at radius 1 is 0.974 bits per heavy atom. The van der Waals surface area contributed by atoms with E-state index in [1.807, 2.05) is 13.0 Å². The molecule has 78 heavy (non-hydrogen) atoms. The maximum atomic E-state index is 14.9. The van der Waals surface area contributed by atoms with Crippen molar-refractivity contribution in [1.82, 2.24) is 30.2 Å². The lowest BCUT2D eigenvalue weighted by Gasteiger charge is -2.59. The molecule has 1 spiro atoms. The highest BCUT2D eigenvalue weighted by molar-refractivity contribution is 7.80. The summed E-state index contributed by atoms with van der Waals surface area (Å²) in [5.74, 6) is -1.93. The molecule has 0 radical (unpaired) electrons. The number of benzene rings is 3. The Balaban J connectivity index is 0.834. The van der Waals surface area contributed by atoms with Gasteiger partial charge in [-0.05, 0) is 137 Å². The summed E-state index contributed by atoms with van der Waals surface area (Å²) in [5.41, 5.74) is 6.32. The number of hydroxylamine groups is 2. The number of pyridine rings is 2. The van der Waals surface area contributed by atoms with Crippen LogP contribution in [-0.2, 0) is 21.9 Å². The number of piperazine rings is 1. The molecular weight excluding hydrogens is 1020 g/mol. The number of anilines is 3. The number of piperidine rings is 1. The van der Waals surface area contributed by atoms with Crippen LogP contribution in [0.3, 0.4) is 0 Å². The molecule has 416 valence electrons. The van der Waals surface area contributed by atoms with E-state index in [0.717, 1.165) is 76.0 Å². The predicted molar refractivity (Wildman–Crippen MR) is 294 cm³/mol. The van der Waals surface area contributed by atoms with Crippen LogP contribution in [0.15, 0.2) is 90.1 Å². The molecule has 4 N–H and O–H groups in total. The minimum absolute atomic E-state index is 0.0115. The number of methoxy groups -OCH3 is 1. The van der Waals surface area contributed by atoms with Gasteiger partial charge in [0.1, 0.15) is 23.0 Å². The third kappa shape index (κ3) is 11.8. The number of ether oxygens (including phenoxy) is 2. The summed E-state index contributed by atoms with van der Waals surface area (Å²) in [6.07, 6.45) is 9.50. The molecule has 5 heterocycles. The van der Waals surface area contributed by atoms with E-state index in [9.17, 15) is 32.5 Å². The fraction of sp³-hybridized carbons (Fsp3) is 0.466. The molecule has 6 aromatic rings. The molecule has 3 aromatic heterocycles. The molecule has 3 unspecified atom stereocenters. The average molecular weight is 1090 g/mol. The number of fused-ring (bicyclic) bond motifs is 1. The molecule has 2 aliphatic heterocycles. The lowest BCUT2D eigenvalue weighted by molar-refractivity contribution is -0.0766. The van der Waals surface area contributed by atoms with Crippen molar-refractivity contribution in [2.75, 3.05) is 62.2 Å². The second kappa shape index (κ2) is 22.8. The van der Waals surface area contributed by atoms with E-state index in [2.05, 4.69) is 85.5 Å². The van der Waals surface area contributed by atoms with Crippen molar-refractivity contribution in [3.05, 3.63) is 130 Å². The third-order valence-electron chi connectivity index (χ3n) is 16.7. The Labute approximate surface area is 455 Å². The molecule has 20 heteroatoms. The number of aliphatic hydroxyl groups is 1. The van der Waals surface area contributed by atoms with Crippen molar-refractivity contribution in [2.24, 2.45) is 11.3 Å². The van der Waals surface area contributed by atoms with Gasteiger partial charge in [0, 0.05) is 87.6 Å². The zero-order valence-electron chi connectivity index (χ0n) is 45.0. The zero-order valence-corrected chi connectivity index (χ0v) is 45.8. The molecule has 4 aliphatic rings. The molecule has 0 bridgehead atoms. The van der Waals surface area contributed by atoms with Crippen molar-refractivity contribution in [3.8, 4) is 17.4 Å². The molecule has 4 fully saturated rings. The van der Waals surface area contributed by atoms with Crippen LogP contribution in [0.4, 0.5) is 30.4 Å². The molecule has 1 amide bonds. The van der Waals surface area contributed by atoms with Crippen molar-refractivity contribution in [1.29, 1.82) is 0 Å². The van der Waals surface area contributed by atoms with Crippen molar-refractivity contribution >= 4 is 45.2 Å². The topological polar surface area (TPSA) is 184 Å². The quantitative estimate of drug-likeness (QED) is 0.0633. The van der Waals surface area contributed by atoms with E-state index >= 15 is 0 Å². The monoisotopic (exact) mass is 1090 g/mol. The number of rotatable bonds is 17. The van der Waals surface area contributed by atoms with Crippen LogP contribution in [0, 0.1) is 34.0 Å². The molecule has 16 nitrogen and oxygen atoms in total. The standard InChI is InChI=1S/C58H69F3N9O7S/c1-35(2)42-9-7-8-10-43(42)50-34-69(33-38-11-14-46(59)47(60)23-38)36(3)32-70(50)40-27-58(28-40)19-21-68(22-20-58)39-12-13-44(51(24-39)76-52-26-45-48(61)31-64-53(45)65-56(52)75-6)55(71)66-77-78(74)41-25-49(67(5)73)54(63-30-41)62-29-37-15-17-57(4,72)18-16-37/h7-14,23-26,30-31,35-37,40,50,72H,15-22,27-29,32-34H2,1-6H3,(H,62,63)(H,64,65)(H,66,71)/q-1. The Morgan fingerprint density at radius 3 is 2.45 bits per heavy atom. The van der Waals surface area contributed by atoms with Gasteiger partial charge in [0.05, 0.1) is 34.2 Å². The zero-order chi connectivity index (χ0) is 55.0. The number of carbonyl (C=O) groups excluding carboxylic acids is 1. The van der Waals surface area contributed by atoms with Crippen molar-refractivity contribution in [2.45, 2.75) is 120 Å². The minimum atomic E-state index is -2.30. The molecule has 2 saturated heterocycles. The summed E-state index contributed by atoms with van der Waals surface area (Å²) in [4.78, 5) is 33.0. The van der Waals surface area contributed by atoms with Crippen LogP contribution in [0.2, 0.25) is 0 Å². The summed E-state index contributed by atoms with van der Waals surface area (Å²) in [6.45, 7) is 12.7. The van der Waals surface area contributed by atoms with Crippen LogP contribution in [-0.4, -0.2) is 105 Å². The summed E-state index contributed by atoms with van der Waals surface area (Å²) < 4.78 is 74.1. The van der Waals surface area contributed by atoms with Gasteiger partial charge in [-0.15, -0.1) is 0 Å². The number of aromatic amines is 1. The third-order valence-corrected chi connectivity index (χ3v) is 17.6. The second-order valence-corrected chi connectivity index (χ2v) is 23.6. The van der Waals surface area contributed by atoms with E-state index in [1.165, 1.54) is 61.9 Å². The van der Waals surface area contributed by atoms with E-state index in [-0.39, 0.29) is 68.0 Å². The largest absolute Gasteiger partial charge is 0.758 e. The Bertz CT molecular complexity index is 3150. The molecule has 3 atom stereocenters. The maximum absolute atomic E-state index is 14.9. The Morgan fingerprint density at radius 2 is 1.73 bits per heavy atom. The number of hydrogen-bond acceptors (Lipinski definition) is 14. The Hall–Kier alpha value is -6.29. The molecule has 10 rings (SSSR count). The summed E-state index contributed by atoms with van der Waals surface area (Å²) in [6, 6.07) is 21.6. The maximum Gasteiger partial charge on any atom is 0.279 e. The van der Waals surface area contributed by atoms with Gasteiger partial charge < -0.3 is 40.1 Å². The highest BCUT2D eigenvalue weighted by atomic mass is 32.2. The number of H-pyrrole nitrogens is 1. The highest BCUT2D eigenvalue weighted by Gasteiger charge is 2.51. The first-order chi connectivity index (χ1) is 37.4. The molecule has 3 aromatic carbocycles. The summed E-state index contributed by atoms with van der Waals surface area (Å²) >= 11 is -2.30. The number of aromatic nitrogens is 3. The number of hydrogen-bond donors (Lipinski definition) is 4. The lowest BCUT2D eigenvalue weighted by atomic mass is 9.59. The number of nitrogens with zero attached hydrogens (tertiary/aromatic N) is 6. The van der Waals surface area contributed by atoms with Crippen LogP contribution in [0.5, 0.6) is 17.4 Å². The molecular formula is C58H69F3N9O7S-. The van der Waals surface area contributed by atoms with Crippen molar-refractivity contribution in [3.63, 3.8) is 0 Å². The van der Waals surface area contributed by atoms with E-state index in [0.29, 0.717) is 48.8 Å². The first-order valence-electron chi connectivity index (χ1n) is 26.9. The summed E-state index contributed by atoms with van der Waals surface area (Å²) in [5, 5.41) is 27.0. The van der Waals surface area contributed by atoms with Gasteiger partial charge in [0.2, 0.25) is 11.1 Å². The minimum Gasteiger partial charge on any atom is -0.758 e. The first-order valence-corrected chi connectivity index (χ1v) is 28.0. The van der Waals surface area contributed by atoms with Crippen LogP contribution >= 0.6 is 0 Å². The smallest absolute Gasteiger partial charge is 0.279 e. The van der Waals surface area contributed by atoms with Gasteiger partial charge in [0.15, 0.2) is 17.4 Å². The number of carbonyl (C=O) groups is 1. The fourth-order valence-electron chi connectivity index (χ4n) is 12.1. The van der Waals surface area contributed by atoms with Gasteiger partial charge >= 0.3 is 0 Å². The van der Waals surface area contributed by atoms with Crippen LogP contribution in [0.1, 0.15) is 118 Å². The number of amides is 1. The van der Waals surface area contributed by atoms with Gasteiger partial charge in [-0.1, -0.05) is 44.2 Å². The van der Waals surface area contributed by atoms with Gasteiger partial charge in [0.25, 0.3) is 11.8 Å². The fourth-order valence-corrected chi connectivity index (χ4v) is 12.7. The molecule has 2 aliphatic carbocycles. The van der Waals surface area contributed by atoms with Crippen molar-refractivity contribution < 1.29 is 41.0 Å². The normalized spacial score (nSPS) is 22.4. The highest BCUT2D eigenvalue weighted by Crippen LogP contribution is 2.54. The summed E-state index contributed by atoms with van der Waals surface area (Å²) in [7, 11) is 2.71. The molecule has 2 saturated carbocycles. The second-order valence-electron chi connectivity index (χ2n) is 22.5. The van der Waals surface area contributed by atoms with Gasteiger partial charge in [-0.25, -0.2) is 27.8 Å². The lowest BCUT2D eigenvalue weighted by Crippen LogP contribution is -2.61. The van der Waals surface area contributed by atoms with E-state index in [1.54, 1.807) is 18.2 Å². The number of halogens is 3. The van der Waals surface area contributed by atoms with Gasteiger partial charge in [-0.2, -0.15) is 9.27 Å². The SMILES string of the molecule is COc1nc2[nH]cc(F)c2cc1Oc1cc(N2CCC3(CC2)CC(N2CC(C)N(Cc4ccc(F)c(F)c4)CC2c2ccccc2C(C)C)C3)ccc1C(=O)NOS(=O)c1cnc(NCC2CCC(C)(O)CC2)c(N(C)[O-])c1. The average Bonchev–Trinajstić information content (AvgIpc) is 3.95. The first kappa shape index (κ1) is 55.0. The van der Waals surface area contributed by atoms with Crippen LogP contribution < -0.4 is 30.2 Å². The van der Waals surface area contributed by atoms with Crippen LogP contribution in [0.25, 0.3) is 11.0 Å². The number of nitrogens with one attached hydrogen (secondary N) is 3. The predicted octanol–water partition coefficient (Wildman–Crippen LogP) is 10.7. The van der Waals surface area contributed by atoms with Gasteiger partial charge in [-0.3, -0.25) is 14.6 Å².